The van der Waals surface area contributed by atoms with Gasteiger partial charge in [-0.15, -0.1) is 0 Å². The summed E-state index contributed by atoms with van der Waals surface area (Å²) >= 11 is 0. The molecule has 0 aromatic carbocycles. The van der Waals surface area contributed by atoms with Crippen LogP contribution in [0, 0.1) is 6.92 Å². The van der Waals surface area contributed by atoms with Gasteiger partial charge in [-0.2, -0.15) is 0 Å². The molecule has 1 atom stereocenters. The van der Waals surface area contributed by atoms with E-state index >= 15 is 0 Å². The fourth-order valence-corrected chi connectivity index (χ4v) is 1.78. The SMILES string of the molecule is CCC(N)Cc1ccnc(-c2ccncc2C)n1. The molecule has 4 heteroatoms. The van der Waals surface area contributed by atoms with Crippen LogP contribution in [-0.4, -0.2) is 21.0 Å². The minimum Gasteiger partial charge on any atom is -0.327 e. The van der Waals surface area contributed by atoms with Crippen LogP contribution < -0.4 is 5.73 Å². The Morgan fingerprint density at radius 3 is 2.83 bits per heavy atom. The van der Waals surface area contributed by atoms with Gasteiger partial charge in [0.2, 0.25) is 0 Å². The van der Waals surface area contributed by atoms with Gasteiger partial charge in [0.05, 0.1) is 0 Å². The first-order valence-electron chi connectivity index (χ1n) is 6.19. The van der Waals surface area contributed by atoms with E-state index in [1.165, 1.54) is 0 Å². The van der Waals surface area contributed by atoms with Crippen molar-refractivity contribution >= 4 is 0 Å². The first-order chi connectivity index (χ1) is 8.70. The average molecular weight is 242 g/mol. The van der Waals surface area contributed by atoms with Crippen LogP contribution in [0.25, 0.3) is 11.4 Å². The van der Waals surface area contributed by atoms with Gasteiger partial charge >= 0.3 is 0 Å². The maximum absolute atomic E-state index is 5.95. The molecular weight excluding hydrogens is 224 g/mol. The highest BCUT2D eigenvalue weighted by atomic mass is 14.9. The summed E-state index contributed by atoms with van der Waals surface area (Å²) in [7, 11) is 0. The van der Waals surface area contributed by atoms with Gasteiger partial charge in [-0.05, 0) is 31.0 Å². The Bertz CT molecular complexity index is 525. The Morgan fingerprint density at radius 1 is 1.28 bits per heavy atom. The van der Waals surface area contributed by atoms with E-state index in [2.05, 4.69) is 21.9 Å². The van der Waals surface area contributed by atoms with E-state index in [4.69, 9.17) is 5.73 Å². The van der Waals surface area contributed by atoms with Crippen LogP contribution in [0.3, 0.4) is 0 Å². The second-order valence-electron chi connectivity index (χ2n) is 4.43. The van der Waals surface area contributed by atoms with Crippen LogP contribution >= 0.6 is 0 Å². The molecule has 0 amide bonds. The number of rotatable bonds is 4. The van der Waals surface area contributed by atoms with Gasteiger partial charge in [-0.25, -0.2) is 9.97 Å². The van der Waals surface area contributed by atoms with Gasteiger partial charge in [-0.3, -0.25) is 4.98 Å². The molecule has 0 saturated carbocycles. The lowest BCUT2D eigenvalue weighted by molar-refractivity contribution is 0.636. The fraction of sp³-hybridized carbons (Fsp3) is 0.357. The van der Waals surface area contributed by atoms with E-state index in [-0.39, 0.29) is 6.04 Å². The quantitative estimate of drug-likeness (QED) is 0.892. The summed E-state index contributed by atoms with van der Waals surface area (Å²) in [6, 6.07) is 4.02. The first-order valence-corrected chi connectivity index (χ1v) is 6.19. The van der Waals surface area contributed by atoms with Crippen molar-refractivity contribution in [2.45, 2.75) is 32.7 Å². The van der Waals surface area contributed by atoms with Crippen molar-refractivity contribution in [1.29, 1.82) is 0 Å². The molecule has 2 heterocycles. The summed E-state index contributed by atoms with van der Waals surface area (Å²) in [6.07, 6.45) is 7.11. The Morgan fingerprint density at radius 2 is 2.11 bits per heavy atom. The molecule has 1 unspecified atom stereocenters. The smallest absolute Gasteiger partial charge is 0.159 e. The van der Waals surface area contributed by atoms with Crippen molar-refractivity contribution in [3.05, 3.63) is 42.0 Å². The normalized spacial score (nSPS) is 12.4. The van der Waals surface area contributed by atoms with Crippen molar-refractivity contribution in [3.8, 4) is 11.4 Å². The fourth-order valence-electron chi connectivity index (χ4n) is 1.78. The average Bonchev–Trinajstić information content (AvgIpc) is 2.39. The van der Waals surface area contributed by atoms with E-state index in [1.54, 1.807) is 12.4 Å². The van der Waals surface area contributed by atoms with E-state index in [0.717, 1.165) is 35.5 Å². The number of aromatic nitrogens is 3. The molecule has 0 aliphatic rings. The van der Waals surface area contributed by atoms with Crippen LogP contribution in [0.1, 0.15) is 24.6 Å². The number of pyridine rings is 1. The molecule has 2 aromatic heterocycles. The summed E-state index contributed by atoms with van der Waals surface area (Å²) in [5.41, 5.74) is 9.05. The number of nitrogens with two attached hydrogens (primary N) is 1. The highest BCUT2D eigenvalue weighted by Gasteiger charge is 2.07. The van der Waals surface area contributed by atoms with Crippen molar-refractivity contribution in [2.75, 3.05) is 0 Å². The number of hydrogen-bond donors (Lipinski definition) is 1. The van der Waals surface area contributed by atoms with Crippen LogP contribution in [0.5, 0.6) is 0 Å². The lowest BCUT2D eigenvalue weighted by Crippen LogP contribution is -2.22. The summed E-state index contributed by atoms with van der Waals surface area (Å²) in [5.74, 6) is 0.746. The number of hydrogen-bond acceptors (Lipinski definition) is 4. The maximum Gasteiger partial charge on any atom is 0.159 e. The predicted molar refractivity (Wildman–Crippen MR) is 72.0 cm³/mol. The van der Waals surface area contributed by atoms with E-state index < -0.39 is 0 Å². The summed E-state index contributed by atoms with van der Waals surface area (Å²) in [6.45, 7) is 4.09. The number of nitrogens with zero attached hydrogens (tertiary/aromatic N) is 3. The molecule has 0 fully saturated rings. The molecule has 18 heavy (non-hydrogen) atoms. The molecule has 2 rings (SSSR count). The third kappa shape index (κ3) is 2.90. The van der Waals surface area contributed by atoms with Crippen LogP contribution in [0.2, 0.25) is 0 Å². The number of aryl methyl sites for hydroxylation is 1. The summed E-state index contributed by atoms with van der Waals surface area (Å²) in [4.78, 5) is 13.0. The van der Waals surface area contributed by atoms with Crippen molar-refractivity contribution in [1.82, 2.24) is 15.0 Å². The maximum atomic E-state index is 5.95. The topological polar surface area (TPSA) is 64.7 Å². The van der Waals surface area contributed by atoms with Gasteiger partial charge < -0.3 is 5.73 Å². The van der Waals surface area contributed by atoms with Gasteiger partial charge in [0.25, 0.3) is 0 Å². The Hall–Kier alpha value is -1.81. The molecule has 0 bridgehead atoms. The zero-order chi connectivity index (χ0) is 13.0. The molecule has 0 aliphatic carbocycles. The lowest BCUT2D eigenvalue weighted by atomic mass is 10.1. The monoisotopic (exact) mass is 242 g/mol. The van der Waals surface area contributed by atoms with Gasteiger partial charge in [0.1, 0.15) is 0 Å². The molecule has 0 spiro atoms. The highest BCUT2D eigenvalue weighted by molar-refractivity contribution is 5.58. The minimum atomic E-state index is 0.159. The van der Waals surface area contributed by atoms with Gasteiger partial charge in [0.15, 0.2) is 5.82 Å². The zero-order valence-electron chi connectivity index (χ0n) is 10.8. The van der Waals surface area contributed by atoms with Crippen LogP contribution in [0.4, 0.5) is 0 Å². The minimum absolute atomic E-state index is 0.159. The second kappa shape index (κ2) is 5.69. The molecule has 0 radical (unpaired) electrons. The zero-order valence-corrected chi connectivity index (χ0v) is 10.8. The highest BCUT2D eigenvalue weighted by Crippen LogP contribution is 2.18. The molecule has 94 valence electrons. The third-order valence-corrected chi connectivity index (χ3v) is 2.97. The molecule has 2 aromatic rings. The van der Waals surface area contributed by atoms with E-state index in [1.807, 2.05) is 25.3 Å². The van der Waals surface area contributed by atoms with E-state index in [9.17, 15) is 0 Å². The Labute approximate surface area is 107 Å². The molecule has 4 nitrogen and oxygen atoms in total. The predicted octanol–water partition coefficient (Wildman–Crippen LogP) is 2.13. The largest absolute Gasteiger partial charge is 0.327 e. The third-order valence-electron chi connectivity index (χ3n) is 2.97. The van der Waals surface area contributed by atoms with Crippen LogP contribution in [-0.2, 0) is 6.42 Å². The molecule has 2 N–H and O–H groups in total. The lowest BCUT2D eigenvalue weighted by Gasteiger charge is -2.09. The molecular formula is C14H18N4. The summed E-state index contributed by atoms with van der Waals surface area (Å²) in [5, 5.41) is 0. The summed E-state index contributed by atoms with van der Waals surface area (Å²) < 4.78 is 0. The van der Waals surface area contributed by atoms with Gasteiger partial charge in [0, 0.05) is 42.3 Å². The van der Waals surface area contributed by atoms with Crippen molar-refractivity contribution in [3.63, 3.8) is 0 Å². The van der Waals surface area contributed by atoms with Crippen molar-refractivity contribution < 1.29 is 0 Å². The molecule has 0 saturated heterocycles. The van der Waals surface area contributed by atoms with Gasteiger partial charge in [-0.1, -0.05) is 6.92 Å². The second-order valence-corrected chi connectivity index (χ2v) is 4.43. The Kier molecular flexibility index (Phi) is 3.99. The Balaban J connectivity index is 2.30. The standard InChI is InChI=1S/C14H18N4/c1-3-11(15)8-12-4-7-17-14(18-12)13-5-6-16-9-10(13)2/h4-7,9,11H,3,8,15H2,1-2H3. The van der Waals surface area contributed by atoms with E-state index in [0.29, 0.717) is 0 Å². The van der Waals surface area contributed by atoms with Crippen LogP contribution in [0.15, 0.2) is 30.7 Å². The first kappa shape index (κ1) is 12.6. The van der Waals surface area contributed by atoms with Crippen molar-refractivity contribution in [2.24, 2.45) is 5.73 Å². The molecule has 0 aliphatic heterocycles.